The number of unbranched alkanes of at least 4 members (excludes halogenated alkanes) is 5. The van der Waals surface area contributed by atoms with E-state index in [2.05, 4.69) is 12.2 Å². The normalized spacial score (nSPS) is 10.3. The van der Waals surface area contributed by atoms with Gasteiger partial charge in [-0.1, -0.05) is 56.9 Å². The fraction of sp³-hybridized carbons (Fsp3) is 0.500. The number of rotatable bonds is 10. The van der Waals surface area contributed by atoms with Crippen LogP contribution >= 0.6 is 0 Å². The van der Waals surface area contributed by atoms with Crippen molar-refractivity contribution in [3.63, 3.8) is 0 Å². The third-order valence-corrected chi connectivity index (χ3v) is 3.44. The number of benzene rings is 1. The molecule has 0 unspecified atom stereocenters. The molecule has 0 aliphatic carbocycles. The van der Waals surface area contributed by atoms with Crippen molar-refractivity contribution in [2.75, 3.05) is 13.7 Å². The van der Waals surface area contributed by atoms with E-state index >= 15 is 0 Å². The molecule has 0 spiro atoms. The van der Waals surface area contributed by atoms with Crippen molar-refractivity contribution in [3.8, 4) is 11.5 Å². The Bertz CT molecular complexity index is 489. The van der Waals surface area contributed by atoms with Gasteiger partial charge >= 0.3 is 29.6 Å². The minimum absolute atomic E-state index is 0. The van der Waals surface area contributed by atoms with E-state index in [0.29, 0.717) is 6.54 Å². The van der Waals surface area contributed by atoms with Crippen molar-refractivity contribution in [2.45, 2.75) is 45.4 Å². The molecule has 0 heterocycles. The van der Waals surface area contributed by atoms with Crippen molar-refractivity contribution in [2.24, 2.45) is 0 Å². The van der Waals surface area contributed by atoms with E-state index in [4.69, 9.17) is 4.74 Å². The quantitative estimate of drug-likeness (QED) is 0.381. The summed E-state index contributed by atoms with van der Waals surface area (Å²) in [6.07, 6.45) is 10.4. The maximum absolute atomic E-state index is 11.7. The Labute approximate surface area is 161 Å². The van der Waals surface area contributed by atoms with Crippen LogP contribution < -0.4 is 44.7 Å². The van der Waals surface area contributed by atoms with E-state index < -0.39 is 0 Å². The summed E-state index contributed by atoms with van der Waals surface area (Å²) in [7, 11) is 1.46. The minimum atomic E-state index is -0.160. The van der Waals surface area contributed by atoms with Crippen LogP contribution in [-0.2, 0) is 4.79 Å². The molecule has 23 heavy (non-hydrogen) atoms. The molecule has 122 valence electrons. The van der Waals surface area contributed by atoms with Gasteiger partial charge < -0.3 is 15.2 Å². The largest absolute Gasteiger partial charge is 1.00 e. The van der Waals surface area contributed by atoms with Crippen molar-refractivity contribution in [1.29, 1.82) is 0 Å². The molecule has 1 aromatic rings. The Hall–Kier alpha value is -0.970. The molecule has 0 aliphatic rings. The van der Waals surface area contributed by atoms with Crippen LogP contribution in [0.2, 0.25) is 0 Å². The second-order valence-corrected chi connectivity index (χ2v) is 5.30. The summed E-state index contributed by atoms with van der Waals surface area (Å²) in [5.41, 5.74) is 0.770. The Morgan fingerprint density at radius 3 is 2.61 bits per heavy atom. The third-order valence-electron chi connectivity index (χ3n) is 3.44. The van der Waals surface area contributed by atoms with E-state index in [1.165, 1.54) is 44.9 Å². The van der Waals surface area contributed by atoms with Crippen LogP contribution in [0.3, 0.4) is 0 Å². The second-order valence-electron chi connectivity index (χ2n) is 5.30. The fourth-order valence-corrected chi connectivity index (χ4v) is 2.14. The molecule has 0 aromatic heterocycles. The molecule has 0 bridgehead atoms. The smallest absolute Gasteiger partial charge is 0.870 e. The summed E-state index contributed by atoms with van der Waals surface area (Å²) in [6, 6.07) is 4.73. The average molecular weight is 327 g/mol. The summed E-state index contributed by atoms with van der Waals surface area (Å²) in [5, 5.41) is 14.2. The van der Waals surface area contributed by atoms with Gasteiger partial charge in [0.15, 0.2) is 0 Å². The third kappa shape index (κ3) is 9.69. The predicted octanol–water partition coefficient (Wildman–Crippen LogP) is 0.263. The first kappa shape index (κ1) is 22.0. The maximum atomic E-state index is 11.7. The zero-order chi connectivity index (χ0) is 16.2. The molecule has 0 radical (unpaired) electrons. The van der Waals surface area contributed by atoms with Crippen molar-refractivity contribution < 1.29 is 44.2 Å². The van der Waals surface area contributed by atoms with Gasteiger partial charge in [0, 0.05) is 12.6 Å². The number of methoxy groups -OCH3 is 1. The Kier molecular flexibility index (Phi) is 12.9. The van der Waals surface area contributed by atoms with Crippen LogP contribution in [0.25, 0.3) is 6.08 Å². The molecule has 1 N–H and O–H groups in total. The number of hydrogen-bond donors (Lipinski definition) is 1. The number of carbonyl (C=O) groups is 1. The van der Waals surface area contributed by atoms with Gasteiger partial charge in [0.25, 0.3) is 0 Å². The van der Waals surface area contributed by atoms with Gasteiger partial charge in [-0.2, -0.15) is 0 Å². The fourth-order valence-electron chi connectivity index (χ4n) is 2.14. The molecule has 0 saturated carbocycles. The van der Waals surface area contributed by atoms with E-state index in [0.717, 1.165) is 18.4 Å². The molecule has 1 rings (SSSR count). The summed E-state index contributed by atoms with van der Waals surface area (Å²) < 4.78 is 4.97. The predicted molar refractivity (Wildman–Crippen MR) is 87.9 cm³/mol. The maximum Gasteiger partial charge on any atom is 1.00 e. The van der Waals surface area contributed by atoms with Gasteiger partial charge in [-0.05, 0) is 24.1 Å². The van der Waals surface area contributed by atoms with Gasteiger partial charge in [0.1, 0.15) is 5.75 Å². The number of amides is 1. The molecule has 1 aromatic carbocycles. The first-order valence-corrected chi connectivity index (χ1v) is 7.98. The van der Waals surface area contributed by atoms with Crippen molar-refractivity contribution >= 4 is 12.0 Å². The van der Waals surface area contributed by atoms with E-state index in [-0.39, 0.29) is 47.0 Å². The minimum Gasteiger partial charge on any atom is -0.870 e. The molecule has 5 heteroatoms. The van der Waals surface area contributed by atoms with Crippen LogP contribution in [0.5, 0.6) is 11.5 Å². The first-order valence-electron chi connectivity index (χ1n) is 7.98. The van der Waals surface area contributed by atoms with E-state index in [1.54, 1.807) is 18.2 Å². The van der Waals surface area contributed by atoms with Crippen LogP contribution in [-0.4, -0.2) is 19.6 Å². The number of nitrogens with one attached hydrogen (secondary N) is 1. The Morgan fingerprint density at radius 2 is 1.91 bits per heavy atom. The molecular weight excluding hydrogens is 301 g/mol. The van der Waals surface area contributed by atoms with E-state index in [1.807, 2.05) is 0 Å². The van der Waals surface area contributed by atoms with Crippen LogP contribution in [0, 0.1) is 0 Å². The Morgan fingerprint density at radius 1 is 1.22 bits per heavy atom. The molecule has 0 atom stereocenters. The molecule has 1 amide bonds. The number of carbonyl (C=O) groups excluding carboxylic acids is 1. The zero-order valence-electron chi connectivity index (χ0n) is 14.6. The summed E-state index contributed by atoms with van der Waals surface area (Å²) in [5.74, 6) is 0.0144. The van der Waals surface area contributed by atoms with Crippen LogP contribution in [0.1, 0.15) is 51.0 Å². The Balaban J connectivity index is 0.00000484. The number of hydrogen-bond acceptors (Lipinski definition) is 3. The molecular formula is C18H26NNaO3. The van der Waals surface area contributed by atoms with Gasteiger partial charge in [0.2, 0.25) is 5.91 Å². The van der Waals surface area contributed by atoms with Gasteiger partial charge in [-0.25, -0.2) is 0 Å². The molecule has 0 fully saturated rings. The molecule has 0 aliphatic heterocycles. The zero-order valence-corrected chi connectivity index (χ0v) is 16.6. The van der Waals surface area contributed by atoms with E-state index in [9.17, 15) is 9.90 Å². The average Bonchev–Trinajstić information content (AvgIpc) is 2.53. The van der Waals surface area contributed by atoms with Crippen molar-refractivity contribution in [3.05, 3.63) is 29.8 Å². The number of ether oxygens (including phenoxy) is 1. The van der Waals surface area contributed by atoms with Crippen molar-refractivity contribution in [1.82, 2.24) is 5.32 Å². The first-order chi connectivity index (χ1) is 10.7. The standard InChI is InChI=1S/C18H27NO3.Na/c1-3-4-5-6-7-8-13-19-18(21)12-10-15-9-11-16(20)17(14-15)22-2;/h9-12,14,20H,3-8,13H2,1-2H3,(H,19,21);/q;+1/p-1/b12-10+;. The second kappa shape index (κ2) is 13.5. The monoisotopic (exact) mass is 327 g/mol. The summed E-state index contributed by atoms with van der Waals surface area (Å²) >= 11 is 0. The van der Waals surface area contributed by atoms with Gasteiger partial charge in [-0.15, -0.1) is 0 Å². The van der Waals surface area contributed by atoms with Crippen LogP contribution in [0.4, 0.5) is 0 Å². The summed E-state index contributed by atoms with van der Waals surface area (Å²) in [4.78, 5) is 11.7. The molecule has 0 saturated heterocycles. The van der Waals surface area contributed by atoms with Crippen LogP contribution in [0.15, 0.2) is 24.3 Å². The summed E-state index contributed by atoms with van der Waals surface area (Å²) in [6.45, 7) is 2.91. The topological polar surface area (TPSA) is 61.4 Å². The molecule has 4 nitrogen and oxygen atoms in total. The SMILES string of the molecule is CCCCCCCCNC(=O)/C=C/c1ccc([O-])c(OC)c1.[Na+]. The van der Waals surface area contributed by atoms with Gasteiger partial charge in [0.05, 0.1) is 7.11 Å². The van der Waals surface area contributed by atoms with Gasteiger partial charge in [-0.3, -0.25) is 4.79 Å².